The van der Waals surface area contributed by atoms with Crippen LogP contribution in [-0.4, -0.2) is 62.1 Å². The van der Waals surface area contributed by atoms with Crippen molar-refractivity contribution in [2.75, 3.05) is 39.3 Å². The molecule has 0 amide bonds. The molecule has 0 aliphatic carbocycles. The highest BCUT2D eigenvalue weighted by Crippen LogP contribution is 2.16. The van der Waals surface area contributed by atoms with Crippen LogP contribution in [0, 0.1) is 0 Å². The van der Waals surface area contributed by atoms with E-state index in [0.717, 1.165) is 11.1 Å². The molecule has 0 spiro atoms. The highest BCUT2D eigenvalue weighted by molar-refractivity contribution is 7.88. The number of aliphatic hydroxyl groups is 1. The zero-order chi connectivity index (χ0) is 15.3. The highest BCUT2D eigenvalue weighted by atomic mass is 32.2. The molecule has 1 aromatic carbocycles. The van der Waals surface area contributed by atoms with Crippen LogP contribution in [0.25, 0.3) is 0 Å². The molecule has 6 nitrogen and oxygen atoms in total. The Balaban J connectivity index is 2.02. The summed E-state index contributed by atoms with van der Waals surface area (Å²) in [5.41, 5.74) is 7.31. The number of rotatable bonds is 6. The SMILES string of the molecule is NCc1ccccc1CS(=O)(=O)N1CCN(CCO)CC1. The van der Waals surface area contributed by atoms with Crippen LogP contribution >= 0.6 is 0 Å². The summed E-state index contributed by atoms with van der Waals surface area (Å²) in [5.74, 6) is 0.000370. The number of nitrogens with zero attached hydrogens (tertiary/aromatic N) is 2. The summed E-state index contributed by atoms with van der Waals surface area (Å²) in [7, 11) is -3.32. The molecule has 1 aromatic rings. The summed E-state index contributed by atoms with van der Waals surface area (Å²) in [5, 5.41) is 8.91. The molecule has 0 aromatic heterocycles. The molecule has 1 aliphatic rings. The van der Waals surface area contributed by atoms with E-state index in [4.69, 9.17) is 10.8 Å². The Labute approximate surface area is 126 Å². The predicted octanol–water partition coefficient (Wildman–Crippen LogP) is -0.415. The van der Waals surface area contributed by atoms with Crippen molar-refractivity contribution in [2.45, 2.75) is 12.3 Å². The Kier molecular flexibility index (Phi) is 5.72. The van der Waals surface area contributed by atoms with Crippen LogP contribution in [0.4, 0.5) is 0 Å². The molecule has 1 saturated heterocycles. The number of β-amino-alcohol motifs (C(OH)–C–C–N with tert-alkyl or cyclic N) is 1. The van der Waals surface area contributed by atoms with E-state index in [2.05, 4.69) is 4.90 Å². The fourth-order valence-corrected chi connectivity index (χ4v) is 4.13. The molecule has 0 unspecified atom stereocenters. The van der Waals surface area contributed by atoms with Gasteiger partial charge in [-0.2, -0.15) is 4.31 Å². The van der Waals surface area contributed by atoms with Crippen LogP contribution in [0.15, 0.2) is 24.3 Å². The van der Waals surface area contributed by atoms with Crippen LogP contribution in [0.5, 0.6) is 0 Å². The number of piperazine rings is 1. The quantitative estimate of drug-likeness (QED) is 0.745. The zero-order valence-corrected chi connectivity index (χ0v) is 12.9. The minimum atomic E-state index is -3.32. The van der Waals surface area contributed by atoms with Gasteiger partial charge < -0.3 is 10.8 Å². The summed E-state index contributed by atoms with van der Waals surface area (Å²) in [6.07, 6.45) is 0. The van der Waals surface area contributed by atoms with Crippen LogP contribution in [0.2, 0.25) is 0 Å². The Hall–Kier alpha value is -0.990. The predicted molar refractivity (Wildman–Crippen MR) is 82.1 cm³/mol. The topological polar surface area (TPSA) is 86.9 Å². The van der Waals surface area contributed by atoms with Crippen molar-refractivity contribution in [3.8, 4) is 0 Å². The summed E-state index contributed by atoms with van der Waals surface area (Å²) in [4.78, 5) is 2.07. The maximum Gasteiger partial charge on any atom is 0.218 e. The fraction of sp³-hybridized carbons (Fsp3) is 0.571. The summed E-state index contributed by atoms with van der Waals surface area (Å²) < 4.78 is 26.5. The molecule has 7 heteroatoms. The van der Waals surface area contributed by atoms with E-state index in [9.17, 15) is 8.42 Å². The standard InChI is InChI=1S/C14H23N3O3S/c15-11-13-3-1-2-4-14(13)12-21(19,20)17-7-5-16(6-8-17)9-10-18/h1-4,18H,5-12,15H2. The lowest BCUT2D eigenvalue weighted by Crippen LogP contribution is -2.49. The van der Waals surface area contributed by atoms with Crippen LogP contribution in [0.3, 0.4) is 0 Å². The molecule has 118 valence electrons. The minimum absolute atomic E-state index is 0.000370. The maximum absolute atomic E-state index is 12.5. The molecule has 3 N–H and O–H groups in total. The van der Waals surface area contributed by atoms with Crippen molar-refractivity contribution in [1.29, 1.82) is 0 Å². The minimum Gasteiger partial charge on any atom is -0.395 e. The number of aliphatic hydroxyl groups excluding tert-OH is 1. The van der Waals surface area contributed by atoms with Gasteiger partial charge in [0.1, 0.15) is 0 Å². The van der Waals surface area contributed by atoms with E-state index in [1.54, 1.807) is 0 Å². The van der Waals surface area contributed by atoms with Gasteiger partial charge in [-0.25, -0.2) is 8.42 Å². The molecule has 0 bridgehead atoms. The largest absolute Gasteiger partial charge is 0.395 e. The summed E-state index contributed by atoms with van der Waals surface area (Å²) in [6, 6.07) is 7.39. The van der Waals surface area contributed by atoms with E-state index < -0.39 is 10.0 Å². The van der Waals surface area contributed by atoms with Gasteiger partial charge in [-0.05, 0) is 11.1 Å². The number of hydrogen-bond donors (Lipinski definition) is 2. The Morgan fingerprint density at radius 1 is 1.10 bits per heavy atom. The van der Waals surface area contributed by atoms with Gasteiger partial charge in [0.2, 0.25) is 10.0 Å². The van der Waals surface area contributed by atoms with E-state index in [1.807, 2.05) is 24.3 Å². The third kappa shape index (κ3) is 4.24. The lowest BCUT2D eigenvalue weighted by Gasteiger charge is -2.33. The normalized spacial score (nSPS) is 18.0. The van der Waals surface area contributed by atoms with E-state index >= 15 is 0 Å². The Morgan fingerprint density at radius 2 is 1.71 bits per heavy atom. The van der Waals surface area contributed by atoms with Gasteiger partial charge in [0, 0.05) is 39.3 Å². The molecule has 2 rings (SSSR count). The molecule has 21 heavy (non-hydrogen) atoms. The Morgan fingerprint density at radius 3 is 2.29 bits per heavy atom. The van der Waals surface area contributed by atoms with Crippen molar-refractivity contribution in [3.63, 3.8) is 0 Å². The first-order valence-electron chi connectivity index (χ1n) is 7.14. The first-order chi connectivity index (χ1) is 10.1. The average Bonchev–Trinajstić information content (AvgIpc) is 2.48. The Bertz CT molecular complexity index is 554. The molecule has 0 radical (unpaired) electrons. The van der Waals surface area contributed by atoms with Gasteiger partial charge in [0.15, 0.2) is 0 Å². The zero-order valence-electron chi connectivity index (χ0n) is 12.1. The first kappa shape index (κ1) is 16.4. The average molecular weight is 313 g/mol. The number of benzene rings is 1. The van der Waals surface area contributed by atoms with Crippen molar-refractivity contribution in [1.82, 2.24) is 9.21 Å². The third-order valence-electron chi connectivity index (χ3n) is 3.82. The van der Waals surface area contributed by atoms with Crippen molar-refractivity contribution in [2.24, 2.45) is 5.73 Å². The van der Waals surface area contributed by atoms with Crippen LogP contribution < -0.4 is 5.73 Å². The highest BCUT2D eigenvalue weighted by Gasteiger charge is 2.27. The van der Waals surface area contributed by atoms with Gasteiger partial charge in [0.25, 0.3) is 0 Å². The lowest BCUT2D eigenvalue weighted by atomic mass is 10.1. The van der Waals surface area contributed by atoms with E-state index in [-0.39, 0.29) is 12.4 Å². The van der Waals surface area contributed by atoms with Gasteiger partial charge in [-0.1, -0.05) is 24.3 Å². The van der Waals surface area contributed by atoms with Gasteiger partial charge >= 0.3 is 0 Å². The second-order valence-corrected chi connectivity index (χ2v) is 7.16. The van der Waals surface area contributed by atoms with Crippen molar-refractivity contribution >= 4 is 10.0 Å². The smallest absolute Gasteiger partial charge is 0.218 e. The van der Waals surface area contributed by atoms with Crippen LogP contribution in [-0.2, 0) is 22.3 Å². The summed E-state index contributed by atoms with van der Waals surface area (Å²) >= 11 is 0. The molecular formula is C14H23N3O3S. The van der Waals surface area contributed by atoms with Gasteiger partial charge in [0.05, 0.1) is 12.4 Å². The number of nitrogens with two attached hydrogens (primary N) is 1. The second kappa shape index (κ2) is 7.33. The van der Waals surface area contributed by atoms with Gasteiger partial charge in [-0.3, -0.25) is 4.90 Å². The van der Waals surface area contributed by atoms with Gasteiger partial charge in [-0.15, -0.1) is 0 Å². The second-order valence-electron chi connectivity index (χ2n) is 5.19. The molecular weight excluding hydrogens is 290 g/mol. The third-order valence-corrected chi connectivity index (χ3v) is 5.64. The van der Waals surface area contributed by atoms with Crippen molar-refractivity contribution in [3.05, 3.63) is 35.4 Å². The van der Waals surface area contributed by atoms with E-state index in [0.29, 0.717) is 39.3 Å². The number of sulfonamides is 1. The monoisotopic (exact) mass is 313 g/mol. The fourth-order valence-electron chi connectivity index (χ4n) is 2.56. The van der Waals surface area contributed by atoms with Crippen molar-refractivity contribution < 1.29 is 13.5 Å². The molecule has 0 atom stereocenters. The molecule has 1 fully saturated rings. The molecule has 1 heterocycles. The van der Waals surface area contributed by atoms with E-state index in [1.165, 1.54) is 4.31 Å². The number of hydrogen-bond acceptors (Lipinski definition) is 5. The molecule has 0 saturated carbocycles. The molecule has 1 aliphatic heterocycles. The van der Waals surface area contributed by atoms with Crippen LogP contribution in [0.1, 0.15) is 11.1 Å². The maximum atomic E-state index is 12.5. The summed E-state index contributed by atoms with van der Waals surface area (Å²) in [6.45, 7) is 3.34. The lowest BCUT2D eigenvalue weighted by molar-refractivity contribution is 0.151. The first-order valence-corrected chi connectivity index (χ1v) is 8.75.